The van der Waals surface area contributed by atoms with Crippen LogP contribution in [0, 0.1) is 11.8 Å². The molecule has 0 radical (unpaired) electrons. The second kappa shape index (κ2) is 5.23. The van der Waals surface area contributed by atoms with Gasteiger partial charge in [0.25, 0.3) is 0 Å². The molecule has 1 heterocycles. The fraction of sp³-hybridized carbons (Fsp3) is 0.800. The minimum Gasteiger partial charge on any atom is -0.395 e. The highest BCUT2D eigenvalue weighted by Crippen LogP contribution is 2.22. The molecule has 0 unspecified atom stereocenters. The molecule has 0 amide bonds. The molecule has 0 saturated carbocycles. The van der Waals surface area contributed by atoms with Crippen LogP contribution in [0.15, 0.2) is 0 Å². The summed E-state index contributed by atoms with van der Waals surface area (Å²) in [6.07, 6.45) is 1.93. The Balaban J connectivity index is 2.54. The van der Waals surface area contributed by atoms with E-state index in [4.69, 9.17) is 10.2 Å². The summed E-state index contributed by atoms with van der Waals surface area (Å²) in [5, 5.41) is 18.2. The number of nitrogens with zero attached hydrogens (tertiary/aromatic N) is 1. The maximum Gasteiger partial charge on any atom is 0.0608 e. The molecule has 2 atom stereocenters. The fourth-order valence-electron chi connectivity index (χ4n) is 1.84. The normalized spacial score (nSPS) is 28.5. The number of hydrogen-bond acceptors (Lipinski definition) is 3. The average molecular weight is 183 g/mol. The Kier molecular flexibility index (Phi) is 4.23. The standard InChI is InChI=1S/C10H17NO2/c1-2-3-6-11-9(7-12)4-5-10(11)8-13/h9-10,12-13H,4-8H2,1H3/t9-,10-/m1/s1. The third-order valence-corrected chi connectivity index (χ3v) is 2.63. The summed E-state index contributed by atoms with van der Waals surface area (Å²) in [7, 11) is 0. The van der Waals surface area contributed by atoms with Gasteiger partial charge >= 0.3 is 0 Å². The lowest BCUT2D eigenvalue weighted by molar-refractivity contribution is 0.109. The van der Waals surface area contributed by atoms with E-state index in [1.165, 1.54) is 0 Å². The smallest absolute Gasteiger partial charge is 0.0608 e. The van der Waals surface area contributed by atoms with Gasteiger partial charge < -0.3 is 10.2 Å². The second-order valence-corrected chi connectivity index (χ2v) is 3.35. The van der Waals surface area contributed by atoms with Crippen molar-refractivity contribution in [3.63, 3.8) is 0 Å². The van der Waals surface area contributed by atoms with Crippen LogP contribution >= 0.6 is 0 Å². The summed E-state index contributed by atoms with van der Waals surface area (Å²) < 4.78 is 0. The monoisotopic (exact) mass is 183 g/mol. The van der Waals surface area contributed by atoms with Gasteiger partial charge in [0.05, 0.1) is 19.8 Å². The van der Waals surface area contributed by atoms with Gasteiger partial charge in [-0.25, -0.2) is 0 Å². The highest BCUT2D eigenvalue weighted by Gasteiger charge is 2.31. The lowest BCUT2D eigenvalue weighted by atomic mass is 10.2. The molecule has 1 fully saturated rings. The van der Waals surface area contributed by atoms with Crippen molar-refractivity contribution in [1.82, 2.24) is 4.90 Å². The van der Waals surface area contributed by atoms with Crippen LogP contribution in [0.5, 0.6) is 0 Å². The van der Waals surface area contributed by atoms with Gasteiger partial charge in [-0.05, 0) is 19.8 Å². The molecule has 0 bridgehead atoms. The van der Waals surface area contributed by atoms with Crippen molar-refractivity contribution in [2.24, 2.45) is 0 Å². The SMILES string of the molecule is CC#CCN1[C@@H](CO)CC[C@@H]1CO. The van der Waals surface area contributed by atoms with Gasteiger partial charge in [0.15, 0.2) is 0 Å². The van der Waals surface area contributed by atoms with Crippen molar-refractivity contribution in [1.29, 1.82) is 0 Å². The second-order valence-electron chi connectivity index (χ2n) is 3.35. The highest BCUT2D eigenvalue weighted by molar-refractivity contribution is 5.01. The van der Waals surface area contributed by atoms with Gasteiger partial charge in [-0.15, -0.1) is 5.92 Å². The molecule has 1 rings (SSSR count). The van der Waals surface area contributed by atoms with E-state index in [0.29, 0.717) is 6.54 Å². The van der Waals surface area contributed by atoms with Gasteiger partial charge in [0, 0.05) is 12.1 Å². The molecular weight excluding hydrogens is 166 g/mol. The van der Waals surface area contributed by atoms with Gasteiger partial charge in [-0.3, -0.25) is 4.90 Å². The molecule has 0 spiro atoms. The summed E-state index contributed by atoms with van der Waals surface area (Å²) >= 11 is 0. The molecular formula is C10H17NO2. The highest BCUT2D eigenvalue weighted by atomic mass is 16.3. The van der Waals surface area contributed by atoms with E-state index in [1.54, 1.807) is 6.92 Å². The molecule has 13 heavy (non-hydrogen) atoms. The van der Waals surface area contributed by atoms with Crippen LogP contribution in [0.3, 0.4) is 0 Å². The lowest BCUT2D eigenvalue weighted by Crippen LogP contribution is -2.40. The zero-order chi connectivity index (χ0) is 9.68. The molecule has 0 aromatic rings. The van der Waals surface area contributed by atoms with E-state index in [1.807, 2.05) is 0 Å². The topological polar surface area (TPSA) is 43.7 Å². The summed E-state index contributed by atoms with van der Waals surface area (Å²) in [5.41, 5.74) is 0. The lowest BCUT2D eigenvalue weighted by Gasteiger charge is -2.25. The summed E-state index contributed by atoms with van der Waals surface area (Å²) in [5.74, 6) is 5.80. The van der Waals surface area contributed by atoms with Gasteiger partial charge in [-0.2, -0.15) is 0 Å². The first-order valence-electron chi connectivity index (χ1n) is 4.70. The Bertz CT molecular complexity index is 195. The number of hydrogen-bond donors (Lipinski definition) is 2. The van der Waals surface area contributed by atoms with Crippen molar-refractivity contribution in [2.45, 2.75) is 31.8 Å². The fourth-order valence-corrected chi connectivity index (χ4v) is 1.84. The molecule has 74 valence electrons. The van der Waals surface area contributed by atoms with Crippen LogP contribution in [-0.4, -0.2) is 47.0 Å². The summed E-state index contributed by atoms with van der Waals surface area (Å²) in [6.45, 7) is 2.80. The predicted molar refractivity (Wildman–Crippen MR) is 51.1 cm³/mol. The van der Waals surface area contributed by atoms with Crippen LogP contribution in [-0.2, 0) is 0 Å². The Morgan fingerprint density at radius 3 is 2.15 bits per heavy atom. The molecule has 1 saturated heterocycles. The van der Waals surface area contributed by atoms with E-state index in [2.05, 4.69) is 16.7 Å². The molecule has 1 aliphatic heterocycles. The Hall–Kier alpha value is -0.560. The molecule has 3 heteroatoms. The van der Waals surface area contributed by atoms with Crippen molar-refractivity contribution >= 4 is 0 Å². The van der Waals surface area contributed by atoms with Crippen LogP contribution < -0.4 is 0 Å². The Labute approximate surface area is 79.4 Å². The van der Waals surface area contributed by atoms with E-state index in [-0.39, 0.29) is 25.3 Å². The van der Waals surface area contributed by atoms with Crippen LogP contribution in [0.2, 0.25) is 0 Å². The zero-order valence-corrected chi connectivity index (χ0v) is 8.03. The van der Waals surface area contributed by atoms with E-state index >= 15 is 0 Å². The predicted octanol–water partition coefficient (Wildman–Crippen LogP) is -0.173. The van der Waals surface area contributed by atoms with E-state index in [9.17, 15) is 0 Å². The maximum atomic E-state index is 9.08. The Morgan fingerprint density at radius 1 is 1.23 bits per heavy atom. The number of likely N-dealkylation sites (tertiary alicyclic amines) is 1. The molecule has 0 aromatic carbocycles. The Morgan fingerprint density at radius 2 is 1.77 bits per heavy atom. The first-order chi connectivity index (χ1) is 6.33. The molecule has 0 aliphatic carbocycles. The minimum atomic E-state index is 0.169. The third kappa shape index (κ3) is 2.44. The molecule has 0 aromatic heterocycles. The van der Waals surface area contributed by atoms with Gasteiger partial charge in [0.2, 0.25) is 0 Å². The van der Waals surface area contributed by atoms with Crippen LogP contribution in [0.4, 0.5) is 0 Å². The summed E-state index contributed by atoms with van der Waals surface area (Å²) in [6, 6.07) is 0.385. The van der Waals surface area contributed by atoms with Gasteiger partial charge in [0.1, 0.15) is 0 Å². The first-order valence-corrected chi connectivity index (χ1v) is 4.70. The van der Waals surface area contributed by atoms with Gasteiger partial charge in [-0.1, -0.05) is 5.92 Å². The quantitative estimate of drug-likeness (QED) is 0.597. The van der Waals surface area contributed by atoms with Crippen LogP contribution in [0.1, 0.15) is 19.8 Å². The van der Waals surface area contributed by atoms with Crippen molar-refractivity contribution < 1.29 is 10.2 Å². The molecule has 2 N–H and O–H groups in total. The van der Waals surface area contributed by atoms with Crippen LogP contribution in [0.25, 0.3) is 0 Å². The number of rotatable bonds is 3. The number of aliphatic hydroxyl groups is 2. The largest absolute Gasteiger partial charge is 0.395 e. The zero-order valence-electron chi connectivity index (χ0n) is 8.03. The maximum absolute atomic E-state index is 9.08. The molecule has 3 nitrogen and oxygen atoms in total. The third-order valence-electron chi connectivity index (χ3n) is 2.63. The van der Waals surface area contributed by atoms with Crippen molar-refractivity contribution in [3.05, 3.63) is 0 Å². The summed E-state index contributed by atoms with van der Waals surface area (Å²) in [4.78, 5) is 2.09. The number of aliphatic hydroxyl groups excluding tert-OH is 2. The first kappa shape index (κ1) is 10.5. The van der Waals surface area contributed by atoms with Crippen molar-refractivity contribution in [3.8, 4) is 11.8 Å². The van der Waals surface area contributed by atoms with E-state index < -0.39 is 0 Å². The molecule has 1 aliphatic rings. The minimum absolute atomic E-state index is 0.169. The average Bonchev–Trinajstić information content (AvgIpc) is 2.56. The van der Waals surface area contributed by atoms with E-state index in [0.717, 1.165) is 12.8 Å². The van der Waals surface area contributed by atoms with Crippen molar-refractivity contribution in [2.75, 3.05) is 19.8 Å².